The molecule has 7 nitrogen and oxygen atoms in total. The van der Waals surface area contributed by atoms with Gasteiger partial charge in [-0.15, -0.1) is 0 Å². The summed E-state index contributed by atoms with van der Waals surface area (Å²) in [4.78, 5) is 30.4. The molecule has 1 heterocycles. The van der Waals surface area contributed by atoms with Gasteiger partial charge in [0.1, 0.15) is 0 Å². The van der Waals surface area contributed by atoms with Gasteiger partial charge in [-0.3, -0.25) is 14.6 Å². The van der Waals surface area contributed by atoms with E-state index >= 15 is 0 Å². The molecule has 1 aliphatic heterocycles. The van der Waals surface area contributed by atoms with Gasteiger partial charge in [-0.1, -0.05) is 35.8 Å². The number of nitrogens with one attached hydrogen (secondary N) is 3. The minimum atomic E-state index is -0.151. The Bertz CT molecular complexity index is 720. The Morgan fingerprint density at radius 3 is 2.78 bits per heavy atom. The summed E-state index contributed by atoms with van der Waals surface area (Å²) in [5.41, 5.74) is 1.77. The number of likely N-dealkylation sites (tertiary alicyclic amines) is 1. The average Bonchev–Trinajstić information content (AvgIpc) is 3.09. The molecule has 1 fully saturated rings. The van der Waals surface area contributed by atoms with Crippen molar-refractivity contribution < 1.29 is 9.59 Å². The maximum atomic E-state index is 12.2. The lowest BCUT2D eigenvalue weighted by atomic mass is 10.2. The quantitative estimate of drug-likeness (QED) is 0.486. The Balaban J connectivity index is 1.81. The maximum absolute atomic E-state index is 12.2. The highest BCUT2D eigenvalue weighted by molar-refractivity contribution is 9.10. The second kappa shape index (κ2) is 9.73. The predicted octanol–water partition coefficient (Wildman–Crippen LogP) is 2.12. The van der Waals surface area contributed by atoms with Crippen LogP contribution in [0, 0.1) is 12.8 Å². The van der Waals surface area contributed by atoms with Crippen LogP contribution in [0.5, 0.6) is 0 Å². The highest BCUT2D eigenvalue weighted by Crippen LogP contribution is 2.20. The Hall–Kier alpha value is -2.09. The number of anilines is 1. The standard InChI is InChI=1S/C19H28BrN5O2/c1-12(2)18(27)25-8-7-15(11-25)23-19(21-4)22-10-17(26)24-16-9-14(20)6-5-13(16)3/h5-6,9,12,15H,7-8,10-11H2,1-4H3,(H,24,26)(H2,21,22,23). The van der Waals surface area contributed by atoms with E-state index in [-0.39, 0.29) is 30.3 Å². The molecule has 3 N–H and O–H groups in total. The number of amides is 2. The molecule has 1 aromatic rings. The highest BCUT2D eigenvalue weighted by Gasteiger charge is 2.28. The smallest absolute Gasteiger partial charge is 0.243 e. The zero-order chi connectivity index (χ0) is 20.0. The largest absolute Gasteiger partial charge is 0.352 e. The number of carbonyl (C=O) groups excluding carboxylic acids is 2. The number of nitrogens with zero attached hydrogens (tertiary/aromatic N) is 2. The van der Waals surface area contributed by atoms with Crippen LogP contribution >= 0.6 is 15.9 Å². The monoisotopic (exact) mass is 437 g/mol. The van der Waals surface area contributed by atoms with Crippen molar-refractivity contribution in [1.82, 2.24) is 15.5 Å². The third kappa shape index (κ3) is 6.23. The van der Waals surface area contributed by atoms with Gasteiger partial charge in [-0.2, -0.15) is 0 Å². The third-order valence-electron chi connectivity index (χ3n) is 4.45. The van der Waals surface area contributed by atoms with E-state index in [2.05, 4.69) is 36.9 Å². The second-order valence-corrected chi connectivity index (χ2v) is 7.92. The first kappa shape index (κ1) is 21.2. The summed E-state index contributed by atoms with van der Waals surface area (Å²) in [6, 6.07) is 5.88. The molecule has 27 heavy (non-hydrogen) atoms. The van der Waals surface area contributed by atoms with Crippen LogP contribution in [0.4, 0.5) is 5.69 Å². The zero-order valence-corrected chi connectivity index (χ0v) is 17.9. The van der Waals surface area contributed by atoms with Gasteiger partial charge in [0.15, 0.2) is 5.96 Å². The number of aryl methyl sites for hydroxylation is 1. The lowest BCUT2D eigenvalue weighted by Crippen LogP contribution is -2.47. The minimum Gasteiger partial charge on any atom is -0.352 e. The SMILES string of the molecule is CN=C(NCC(=O)Nc1cc(Br)ccc1C)NC1CCN(C(=O)C(C)C)C1. The molecular weight excluding hydrogens is 410 g/mol. The topological polar surface area (TPSA) is 85.8 Å². The number of halogens is 1. The molecule has 2 amide bonds. The van der Waals surface area contributed by atoms with Crippen molar-refractivity contribution in [2.24, 2.45) is 10.9 Å². The Labute approximate surface area is 169 Å². The Morgan fingerprint density at radius 1 is 1.37 bits per heavy atom. The van der Waals surface area contributed by atoms with Crippen LogP contribution in [-0.2, 0) is 9.59 Å². The number of rotatable bonds is 5. The fourth-order valence-corrected chi connectivity index (χ4v) is 3.28. The Kier molecular flexibility index (Phi) is 7.65. The van der Waals surface area contributed by atoms with Gasteiger partial charge in [-0.25, -0.2) is 0 Å². The molecule has 0 aliphatic carbocycles. The summed E-state index contributed by atoms with van der Waals surface area (Å²) in [7, 11) is 1.66. The normalized spacial score (nSPS) is 17.2. The van der Waals surface area contributed by atoms with Gasteiger partial charge in [0.25, 0.3) is 0 Å². The molecule has 148 valence electrons. The van der Waals surface area contributed by atoms with Gasteiger partial charge in [0, 0.05) is 42.3 Å². The summed E-state index contributed by atoms with van der Waals surface area (Å²) < 4.78 is 0.913. The van der Waals surface area contributed by atoms with E-state index in [1.165, 1.54) is 0 Å². The fourth-order valence-electron chi connectivity index (χ4n) is 2.92. The molecular formula is C19H28BrN5O2. The van der Waals surface area contributed by atoms with Crippen molar-refractivity contribution in [1.29, 1.82) is 0 Å². The van der Waals surface area contributed by atoms with Crippen LogP contribution < -0.4 is 16.0 Å². The number of benzene rings is 1. The molecule has 0 radical (unpaired) electrons. The molecule has 8 heteroatoms. The first-order valence-corrected chi connectivity index (χ1v) is 9.91. The van der Waals surface area contributed by atoms with Crippen molar-refractivity contribution >= 4 is 39.4 Å². The van der Waals surface area contributed by atoms with Crippen LogP contribution in [0.1, 0.15) is 25.8 Å². The van der Waals surface area contributed by atoms with E-state index in [1.54, 1.807) is 7.05 Å². The minimum absolute atomic E-state index is 0.00589. The van der Waals surface area contributed by atoms with E-state index in [4.69, 9.17) is 0 Å². The van der Waals surface area contributed by atoms with Crippen LogP contribution in [0.2, 0.25) is 0 Å². The highest BCUT2D eigenvalue weighted by atomic mass is 79.9. The van der Waals surface area contributed by atoms with E-state index in [0.717, 1.165) is 28.7 Å². The van der Waals surface area contributed by atoms with Crippen LogP contribution in [0.15, 0.2) is 27.7 Å². The molecule has 1 unspecified atom stereocenters. The van der Waals surface area contributed by atoms with Gasteiger partial charge in [0.2, 0.25) is 11.8 Å². The van der Waals surface area contributed by atoms with E-state index in [1.807, 2.05) is 43.9 Å². The summed E-state index contributed by atoms with van der Waals surface area (Å²) in [6.07, 6.45) is 0.864. The first-order valence-electron chi connectivity index (χ1n) is 9.12. The van der Waals surface area contributed by atoms with Crippen LogP contribution in [0.25, 0.3) is 0 Å². The van der Waals surface area contributed by atoms with Crippen molar-refractivity contribution in [3.05, 3.63) is 28.2 Å². The fraction of sp³-hybridized carbons (Fsp3) is 0.526. The van der Waals surface area contributed by atoms with Crippen LogP contribution in [0.3, 0.4) is 0 Å². The van der Waals surface area contributed by atoms with Crippen molar-refractivity contribution in [2.75, 3.05) is 32.0 Å². The average molecular weight is 438 g/mol. The molecule has 0 spiro atoms. The summed E-state index contributed by atoms with van der Waals surface area (Å²) in [6.45, 7) is 7.27. The van der Waals surface area contributed by atoms with E-state index in [0.29, 0.717) is 12.5 Å². The van der Waals surface area contributed by atoms with E-state index < -0.39 is 0 Å². The molecule has 1 atom stereocenters. The van der Waals surface area contributed by atoms with Gasteiger partial charge < -0.3 is 20.9 Å². The number of hydrogen-bond donors (Lipinski definition) is 3. The first-order chi connectivity index (χ1) is 12.8. The number of hydrogen-bond acceptors (Lipinski definition) is 3. The summed E-state index contributed by atoms with van der Waals surface area (Å²) in [5, 5.41) is 9.21. The number of aliphatic imine (C=N–C) groups is 1. The summed E-state index contributed by atoms with van der Waals surface area (Å²) in [5.74, 6) is 0.583. The second-order valence-electron chi connectivity index (χ2n) is 7.00. The lowest BCUT2D eigenvalue weighted by Gasteiger charge is -2.20. The number of guanidine groups is 1. The molecule has 1 saturated heterocycles. The Morgan fingerprint density at radius 2 is 2.11 bits per heavy atom. The van der Waals surface area contributed by atoms with Gasteiger partial charge in [-0.05, 0) is 31.0 Å². The lowest BCUT2D eigenvalue weighted by molar-refractivity contribution is -0.133. The molecule has 2 rings (SSSR count). The molecule has 0 bridgehead atoms. The summed E-state index contributed by atoms with van der Waals surface area (Å²) >= 11 is 3.41. The molecule has 1 aliphatic rings. The van der Waals surface area contributed by atoms with Gasteiger partial charge in [0.05, 0.1) is 6.54 Å². The van der Waals surface area contributed by atoms with Gasteiger partial charge >= 0.3 is 0 Å². The maximum Gasteiger partial charge on any atom is 0.243 e. The zero-order valence-electron chi connectivity index (χ0n) is 16.3. The van der Waals surface area contributed by atoms with Crippen molar-refractivity contribution in [3.8, 4) is 0 Å². The van der Waals surface area contributed by atoms with Crippen molar-refractivity contribution in [3.63, 3.8) is 0 Å². The number of carbonyl (C=O) groups is 2. The predicted molar refractivity (Wildman–Crippen MR) is 112 cm³/mol. The van der Waals surface area contributed by atoms with E-state index in [9.17, 15) is 9.59 Å². The molecule has 0 aromatic heterocycles. The van der Waals surface area contributed by atoms with Crippen LogP contribution in [-0.4, -0.2) is 55.4 Å². The molecule has 0 saturated carbocycles. The molecule has 1 aromatic carbocycles. The third-order valence-corrected chi connectivity index (χ3v) is 4.94. The van der Waals surface area contributed by atoms with Crippen molar-refractivity contribution in [2.45, 2.75) is 33.2 Å².